The number of aromatic nitrogens is 1. The molecule has 0 bridgehead atoms. The van der Waals surface area contributed by atoms with Crippen LogP contribution in [0.4, 0.5) is 0 Å². The topological polar surface area (TPSA) is 4.93 Å². The van der Waals surface area contributed by atoms with Gasteiger partial charge in [-0.05, 0) is 102 Å². The maximum Gasteiger partial charge on any atom is 0.248 e. The summed E-state index contributed by atoms with van der Waals surface area (Å²) in [5.74, 6) is 0. The van der Waals surface area contributed by atoms with Gasteiger partial charge in [0.1, 0.15) is 0 Å². The van der Waals surface area contributed by atoms with Gasteiger partial charge >= 0.3 is 0 Å². The predicted octanol–water partition coefficient (Wildman–Crippen LogP) is 11.0. The van der Waals surface area contributed by atoms with Crippen molar-refractivity contribution in [3.05, 3.63) is 108 Å². The predicted molar refractivity (Wildman–Crippen MR) is 217 cm³/mol. The Bertz CT molecular complexity index is 2770. The van der Waals surface area contributed by atoms with E-state index in [0.717, 1.165) is 0 Å². The van der Waals surface area contributed by atoms with E-state index in [2.05, 4.69) is 158 Å². The van der Waals surface area contributed by atoms with Crippen molar-refractivity contribution in [2.45, 2.75) is 78.6 Å². The molecule has 0 atom stereocenters. The molecule has 240 valence electrons. The minimum absolute atomic E-state index is 0.0142. The Hall–Kier alpha value is -4.34. The van der Waals surface area contributed by atoms with Crippen molar-refractivity contribution in [1.29, 1.82) is 0 Å². The summed E-state index contributed by atoms with van der Waals surface area (Å²) in [7, 11) is 0. The fourth-order valence-corrected chi connectivity index (χ4v) is 10.2. The van der Waals surface area contributed by atoms with Crippen LogP contribution in [-0.2, 0) is 16.2 Å². The summed E-state index contributed by atoms with van der Waals surface area (Å²) in [6, 6.07) is 36.1. The van der Waals surface area contributed by atoms with Crippen molar-refractivity contribution in [2.75, 3.05) is 0 Å². The monoisotopic (exact) mass is 651 g/mol. The number of rotatable bonds is 0. The Morgan fingerprint density at radius 3 is 2.02 bits per heavy atom. The number of fused-ring (bicyclic) bond motifs is 11. The Kier molecular flexibility index (Phi) is 5.59. The normalized spacial score (nSPS) is 14.2. The minimum atomic E-state index is -0.0143. The first-order chi connectivity index (χ1) is 23.2. The lowest BCUT2D eigenvalue weighted by Crippen LogP contribution is -2.58. The van der Waals surface area contributed by atoms with Crippen molar-refractivity contribution >= 4 is 87.2 Å². The van der Waals surface area contributed by atoms with E-state index in [0.29, 0.717) is 0 Å². The highest BCUT2D eigenvalue weighted by Crippen LogP contribution is 2.48. The average Bonchev–Trinajstić information content (AvgIpc) is 3.58. The second-order valence-electron chi connectivity index (χ2n) is 17.8. The van der Waals surface area contributed by atoms with Crippen LogP contribution in [0.3, 0.4) is 0 Å². The SMILES string of the molecule is CC(C)(C)c1cc2c3c(c1)-n1c4ccc(C(C)(C)C)cc4c4cc(C(C)(C)C)cc(c41)B3c1cccc3cc4sc5ccccc5c4c-2c13. The van der Waals surface area contributed by atoms with Gasteiger partial charge in [0.25, 0.3) is 0 Å². The van der Waals surface area contributed by atoms with E-state index >= 15 is 0 Å². The van der Waals surface area contributed by atoms with Gasteiger partial charge in [0, 0.05) is 42.1 Å². The molecule has 0 N–H and O–H groups in total. The minimum Gasteiger partial charge on any atom is -0.310 e. The van der Waals surface area contributed by atoms with E-state index in [1.54, 1.807) is 0 Å². The van der Waals surface area contributed by atoms with Gasteiger partial charge in [-0.2, -0.15) is 0 Å². The van der Waals surface area contributed by atoms with E-state index in [1.165, 1.54) is 103 Å². The molecule has 0 saturated heterocycles. The van der Waals surface area contributed by atoms with E-state index in [4.69, 9.17) is 0 Å². The Morgan fingerprint density at radius 2 is 1.27 bits per heavy atom. The Morgan fingerprint density at radius 1 is 0.551 bits per heavy atom. The second-order valence-corrected chi connectivity index (χ2v) is 18.9. The molecule has 1 nitrogen and oxygen atoms in total. The zero-order valence-corrected chi connectivity index (χ0v) is 30.9. The smallest absolute Gasteiger partial charge is 0.248 e. The third-order valence-electron chi connectivity index (χ3n) is 11.6. The molecular weight excluding hydrogens is 609 g/mol. The van der Waals surface area contributed by atoms with Crippen LogP contribution in [0.25, 0.3) is 69.6 Å². The zero-order valence-electron chi connectivity index (χ0n) is 30.1. The Labute approximate surface area is 293 Å². The Balaban J connectivity index is 1.47. The standard InChI is InChI=1S/C46H42BNS/c1-44(2,3)26-17-18-35-30(20-26)31-21-27(45(4,5)6)23-34-43(31)48(35)36-24-28(46(7,8)9)22-32-41-39-25(13-12-15-33(39)47(34)42(32)36)19-38-40(41)29-14-10-11-16-37(29)49-38/h10-24H,1-9H3. The number of hydrogen-bond acceptors (Lipinski definition) is 1. The van der Waals surface area contributed by atoms with Crippen LogP contribution in [0.1, 0.15) is 79.0 Å². The summed E-state index contributed by atoms with van der Waals surface area (Å²) in [4.78, 5) is 0. The van der Waals surface area contributed by atoms with Gasteiger partial charge in [0.05, 0.1) is 5.52 Å². The molecule has 10 rings (SSSR count). The largest absolute Gasteiger partial charge is 0.310 e. The molecule has 0 saturated carbocycles. The number of nitrogens with zero attached hydrogens (tertiary/aromatic N) is 1. The molecule has 2 aliphatic heterocycles. The fraction of sp³-hybridized carbons (Fsp3) is 0.261. The highest BCUT2D eigenvalue weighted by atomic mass is 32.1. The van der Waals surface area contributed by atoms with Gasteiger partial charge < -0.3 is 4.57 Å². The molecular formula is C46H42BNS. The first-order valence-electron chi connectivity index (χ1n) is 17.9. The molecule has 6 aromatic carbocycles. The van der Waals surface area contributed by atoms with Gasteiger partial charge in [-0.3, -0.25) is 0 Å². The van der Waals surface area contributed by atoms with Crippen molar-refractivity contribution in [3.8, 4) is 16.8 Å². The first-order valence-corrected chi connectivity index (χ1v) is 18.7. The second kappa shape index (κ2) is 9.26. The summed E-state index contributed by atoms with van der Waals surface area (Å²) in [6.07, 6.45) is 0. The van der Waals surface area contributed by atoms with Crippen molar-refractivity contribution < 1.29 is 0 Å². The molecule has 2 aromatic heterocycles. The van der Waals surface area contributed by atoms with Crippen molar-refractivity contribution in [3.63, 3.8) is 0 Å². The lowest BCUT2D eigenvalue weighted by Gasteiger charge is -2.36. The first kappa shape index (κ1) is 29.6. The van der Waals surface area contributed by atoms with E-state index < -0.39 is 0 Å². The van der Waals surface area contributed by atoms with Gasteiger partial charge in [0.2, 0.25) is 6.71 Å². The highest BCUT2D eigenvalue weighted by Gasteiger charge is 2.42. The van der Waals surface area contributed by atoms with Crippen LogP contribution in [0.2, 0.25) is 0 Å². The third-order valence-corrected chi connectivity index (χ3v) is 12.7. The van der Waals surface area contributed by atoms with E-state index in [-0.39, 0.29) is 23.0 Å². The lowest BCUT2D eigenvalue weighted by molar-refractivity contribution is 0.590. The fourth-order valence-electron chi connectivity index (χ4n) is 8.99. The number of hydrogen-bond donors (Lipinski definition) is 0. The van der Waals surface area contributed by atoms with Gasteiger partial charge in [-0.1, -0.05) is 122 Å². The number of thiophene rings is 1. The van der Waals surface area contributed by atoms with Crippen LogP contribution >= 0.6 is 11.3 Å². The molecule has 0 amide bonds. The van der Waals surface area contributed by atoms with Crippen LogP contribution in [0.5, 0.6) is 0 Å². The van der Waals surface area contributed by atoms with Crippen LogP contribution in [0.15, 0.2) is 91.0 Å². The molecule has 49 heavy (non-hydrogen) atoms. The summed E-state index contributed by atoms with van der Waals surface area (Å²) in [5.41, 5.74) is 15.5. The third kappa shape index (κ3) is 3.89. The maximum absolute atomic E-state index is 2.65. The van der Waals surface area contributed by atoms with Gasteiger partial charge in [-0.15, -0.1) is 11.3 Å². The van der Waals surface area contributed by atoms with E-state index in [9.17, 15) is 0 Å². The van der Waals surface area contributed by atoms with Gasteiger partial charge in [0.15, 0.2) is 0 Å². The summed E-state index contributed by atoms with van der Waals surface area (Å²) in [5, 5.41) is 8.32. The molecule has 3 heteroatoms. The molecule has 0 spiro atoms. The average molecular weight is 652 g/mol. The lowest BCUT2D eigenvalue weighted by atomic mass is 9.32. The molecule has 0 unspecified atom stereocenters. The zero-order chi connectivity index (χ0) is 33.9. The van der Waals surface area contributed by atoms with Crippen LogP contribution < -0.4 is 16.4 Å². The number of benzene rings is 6. The van der Waals surface area contributed by atoms with Crippen LogP contribution in [0, 0.1) is 0 Å². The van der Waals surface area contributed by atoms with E-state index in [1.807, 2.05) is 11.3 Å². The van der Waals surface area contributed by atoms with Gasteiger partial charge in [-0.25, -0.2) is 0 Å². The molecule has 4 heterocycles. The highest BCUT2D eigenvalue weighted by molar-refractivity contribution is 7.26. The molecule has 0 radical (unpaired) electrons. The summed E-state index contributed by atoms with van der Waals surface area (Å²) in [6.45, 7) is 21.4. The molecule has 0 aliphatic carbocycles. The van der Waals surface area contributed by atoms with Crippen molar-refractivity contribution in [2.24, 2.45) is 0 Å². The molecule has 8 aromatic rings. The summed E-state index contributed by atoms with van der Waals surface area (Å²) >= 11 is 1.94. The summed E-state index contributed by atoms with van der Waals surface area (Å²) < 4.78 is 5.39. The van der Waals surface area contributed by atoms with Crippen molar-refractivity contribution in [1.82, 2.24) is 4.57 Å². The quantitative estimate of drug-likeness (QED) is 0.144. The van der Waals surface area contributed by atoms with Crippen LogP contribution in [-0.4, -0.2) is 11.3 Å². The molecule has 2 aliphatic rings. The molecule has 0 fully saturated rings. The maximum atomic E-state index is 2.65.